The molecule has 140 valence electrons. The molecule has 1 amide bonds. The number of fused-ring (bicyclic) bond motifs is 1. The Kier molecular flexibility index (Phi) is 7.57. The number of carbonyl (C=O) groups excluding carboxylic acids is 2. The summed E-state index contributed by atoms with van der Waals surface area (Å²) in [5.74, 6) is -0.287. The van der Waals surface area contributed by atoms with Crippen molar-refractivity contribution in [2.75, 3.05) is 13.2 Å². The predicted octanol–water partition coefficient (Wildman–Crippen LogP) is 4.03. The number of amides is 1. The van der Waals surface area contributed by atoms with E-state index in [1.54, 1.807) is 6.07 Å². The van der Waals surface area contributed by atoms with Gasteiger partial charge in [-0.3, -0.25) is 9.78 Å². The van der Waals surface area contributed by atoms with Gasteiger partial charge >= 0.3 is 5.97 Å². The van der Waals surface area contributed by atoms with Crippen LogP contribution in [0.5, 0.6) is 0 Å². The van der Waals surface area contributed by atoms with Gasteiger partial charge in [0.05, 0.1) is 11.1 Å². The number of unbranched alkanes of at least 4 members (excludes halogenated alkanes) is 1. The molecule has 0 spiro atoms. The van der Waals surface area contributed by atoms with Crippen molar-refractivity contribution in [3.63, 3.8) is 0 Å². The molecule has 5 heteroatoms. The van der Waals surface area contributed by atoms with Crippen LogP contribution in [0.2, 0.25) is 0 Å². The zero-order valence-electron chi connectivity index (χ0n) is 15.9. The minimum atomic E-state index is -0.500. The topological polar surface area (TPSA) is 68.3 Å². The minimum absolute atomic E-state index is 0.261. The molecule has 1 aromatic carbocycles. The van der Waals surface area contributed by atoms with E-state index >= 15 is 0 Å². The Morgan fingerprint density at radius 3 is 2.73 bits per heavy atom. The molecule has 0 aliphatic rings. The van der Waals surface area contributed by atoms with E-state index in [4.69, 9.17) is 4.74 Å². The van der Waals surface area contributed by atoms with E-state index < -0.39 is 5.97 Å². The van der Waals surface area contributed by atoms with Gasteiger partial charge in [0, 0.05) is 17.6 Å². The first kappa shape index (κ1) is 19.9. The molecule has 1 heterocycles. The molecule has 0 fully saturated rings. The zero-order valence-corrected chi connectivity index (χ0v) is 15.9. The standard InChI is InChI=1S/C21H28N2O3/c1-4-6-9-16(5-2)13-22-20(24)14-26-21(25)18-12-15(3)23-19-11-8-7-10-17(18)19/h7-8,10-12,16H,4-6,9,13-14H2,1-3H3,(H,22,24)/t16-/m0/s1. The van der Waals surface area contributed by atoms with E-state index in [9.17, 15) is 9.59 Å². The molecule has 0 radical (unpaired) electrons. The van der Waals surface area contributed by atoms with Gasteiger partial charge in [-0.1, -0.05) is 51.3 Å². The first-order valence-electron chi connectivity index (χ1n) is 9.35. The molecule has 5 nitrogen and oxygen atoms in total. The molecule has 0 bridgehead atoms. The van der Waals surface area contributed by atoms with Gasteiger partial charge in [-0.15, -0.1) is 0 Å². The number of nitrogens with one attached hydrogen (secondary N) is 1. The van der Waals surface area contributed by atoms with Gasteiger partial charge in [-0.05, 0) is 31.4 Å². The molecular formula is C21H28N2O3. The van der Waals surface area contributed by atoms with Gasteiger partial charge in [-0.2, -0.15) is 0 Å². The lowest BCUT2D eigenvalue weighted by molar-refractivity contribution is -0.124. The normalized spacial score (nSPS) is 12.0. The molecular weight excluding hydrogens is 328 g/mol. The van der Waals surface area contributed by atoms with Crippen molar-refractivity contribution in [3.8, 4) is 0 Å². The van der Waals surface area contributed by atoms with Crippen LogP contribution in [-0.4, -0.2) is 30.0 Å². The number of para-hydroxylation sites is 1. The van der Waals surface area contributed by atoms with Crippen LogP contribution in [0.1, 0.15) is 55.6 Å². The van der Waals surface area contributed by atoms with Crippen LogP contribution in [-0.2, 0) is 9.53 Å². The maximum atomic E-state index is 12.4. The van der Waals surface area contributed by atoms with Crippen LogP contribution in [0.4, 0.5) is 0 Å². The number of carbonyl (C=O) groups is 2. The van der Waals surface area contributed by atoms with Gasteiger partial charge in [0.1, 0.15) is 0 Å². The van der Waals surface area contributed by atoms with E-state index in [0.29, 0.717) is 18.0 Å². The SMILES string of the molecule is CCCC[C@H](CC)CNC(=O)COC(=O)c1cc(C)nc2ccccc12. The number of ether oxygens (including phenoxy) is 1. The van der Waals surface area contributed by atoms with Crippen LogP contribution in [0.25, 0.3) is 10.9 Å². The Morgan fingerprint density at radius 1 is 1.23 bits per heavy atom. The summed E-state index contributed by atoms with van der Waals surface area (Å²) in [6, 6.07) is 9.11. The largest absolute Gasteiger partial charge is 0.452 e. The Balaban J connectivity index is 1.91. The summed E-state index contributed by atoms with van der Waals surface area (Å²) in [4.78, 5) is 28.8. The second kappa shape index (κ2) is 9.90. The fourth-order valence-corrected chi connectivity index (χ4v) is 2.94. The van der Waals surface area contributed by atoms with Crippen LogP contribution in [0.15, 0.2) is 30.3 Å². The summed E-state index contributed by atoms with van der Waals surface area (Å²) in [5, 5.41) is 3.60. The lowest BCUT2D eigenvalue weighted by Gasteiger charge is -2.15. The van der Waals surface area contributed by atoms with E-state index in [1.807, 2.05) is 31.2 Å². The maximum absolute atomic E-state index is 12.4. The zero-order chi connectivity index (χ0) is 18.9. The average Bonchev–Trinajstić information content (AvgIpc) is 2.65. The lowest BCUT2D eigenvalue weighted by atomic mass is 9.99. The van der Waals surface area contributed by atoms with Gasteiger partial charge in [0.2, 0.25) is 0 Å². The van der Waals surface area contributed by atoms with Crippen molar-refractivity contribution in [1.29, 1.82) is 0 Å². The first-order valence-corrected chi connectivity index (χ1v) is 9.35. The van der Waals surface area contributed by atoms with Crippen LogP contribution >= 0.6 is 0 Å². The van der Waals surface area contributed by atoms with Gasteiger partial charge < -0.3 is 10.1 Å². The van der Waals surface area contributed by atoms with E-state index in [1.165, 1.54) is 0 Å². The van der Waals surface area contributed by atoms with Crippen LogP contribution < -0.4 is 5.32 Å². The van der Waals surface area contributed by atoms with Crippen LogP contribution in [0.3, 0.4) is 0 Å². The summed E-state index contributed by atoms with van der Waals surface area (Å²) in [6.07, 6.45) is 4.46. The third kappa shape index (κ3) is 5.55. The highest BCUT2D eigenvalue weighted by atomic mass is 16.5. The van der Waals surface area contributed by atoms with E-state index in [0.717, 1.165) is 42.3 Å². The number of hydrogen-bond donors (Lipinski definition) is 1. The number of nitrogens with zero attached hydrogens (tertiary/aromatic N) is 1. The van der Waals surface area contributed by atoms with Crippen molar-refractivity contribution in [2.24, 2.45) is 5.92 Å². The minimum Gasteiger partial charge on any atom is -0.452 e. The monoisotopic (exact) mass is 356 g/mol. The molecule has 26 heavy (non-hydrogen) atoms. The highest BCUT2D eigenvalue weighted by molar-refractivity contribution is 6.04. The number of pyridine rings is 1. The summed E-state index contributed by atoms with van der Waals surface area (Å²) in [7, 11) is 0. The highest BCUT2D eigenvalue weighted by Gasteiger charge is 2.15. The Morgan fingerprint density at radius 2 is 2.00 bits per heavy atom. The molecule has 2 aromatic rings. The Labute approximate surface area is 155 Å². The Bertz CT molecular complexity index is 758. The summed E-state index contributed by atoms with van der Waals surface area (Å²) >= 11 is 0. The Hall–Kier alpha value is -2.43. The second-order valence-corrected chi connectivity index (χ2v) is 6.63. The fraction of sp³-hybridized carbons (Fsp3) is 0.476. The molecule has 0 aliphatic heterocycles. The van der Waals surface area contributed by atoms with E-state index in [2.05, 4.69) is 24.1 Å². The average molecular weight is 356 g/mol. The van der Waals surface area contributed by atoms with Crippen molar-refractivity contribution < 1.29 is 14.3 Å². The molecule has 0 aliphatic carbocycles. The smallest absolute Gasteiger partial charge is 0.339 e. The second-order valence-electron chi connectivity index (χ2n) is 6.63. The van der Waals surface area contributed by atoms with Crippen molar-refractivity contribution in [1.82, 2.24) is 10.3 Å². The molecule has 0 unspecified atom stereocenters. The molecule has 2 rings (SSSR count). The van der Waals surface area contributed by atoms with Gasteiger partial charge in [-0.25, -0.2) is 4.79 Å². The fourth-order valence-electron chi connectivity index (χ4n) is 2.94. The molecule has 1 N–H and O–H groups in total. The van der Waals surface area contributed by atoms with Crippen molar-refractivity contribution >= 4 is 22.8 Å². The predicted molar refractivity (Wildman–Crippen MR) is 103 cm³/mol. The summed E-state index contributed by atoms with van der Waals surface area (Å²) < 4.78 is 5.22. The number of rotatable bonds is 9. The summed E-state index contributed by atoms with van der Waals surface area (Å²) in [5.41, 5.74) is 1.92. The van der Waals surface area contributed by atoms with Gasteiger partial charge in [0.25, 0.3) is 5.91 Å². The maximum Gasteiger partial charge on any atom is 0.339 e. The third-order valence-electron chi connectivity index (χ3n) is 4.53. The number of aryl methyl sites for hydroxylation is 1. The molecule has 0 saturated carbocycles. The van der Waals surface area contributed by atoms with Gasteiger partial charge in [0.15, 0.2) is 6.61 Å². The van der Waals surface area contributed by atoms with Crippen LogP contribution in [0, 0.1) is 12.8 Å². The van der Waals surface area contributed by atoms with E-state index in [-0.39, 0.29) is 12.5 Å². The first-order chi connectivity index (χ1) is 12.5. The lowest BCUT2D eigenvalue weighted by Crippen LogP contribution is -2.33. The molecule has 1 aromatic heterocycles. The number of hydrogen-bond acceptors (Lipinski definition) is 4. The van der Waals surface area contributed by atoms with Crippen molar-refractivity contribution in [3.05, 3.63) is 41.6 Å². The van der Waals surface area contributed by atoms with Crippen molar-refractivity contribution in [2.45, 2.75) is 46.5 Å². The number of benzene rings is 1. The highest BCUT2D eigenvalue weighted by Crippen LogP contribution is 2.19. The molecule has 1 atom stereocenters. The summed E-state index contributed by atoms with van der Waals surface area (Å²) in [6.45, 7) is 6.48. The number of aromatic nitrogens is 1. The quantitative estimate of drug-likeness (QED) is 0.689. The third-order valence-corrected chi connectivity index (χ3v) is 4.53. The number of esters is 1. The molecule has 0 saturated heterocycles.